The predicted molar refractivity (Wildman–Crippen MR) is 135 cm³/mol. The minimum atomic E-state index is -0.191. The highest BCUT2D eigenvalue weighted by Crippen LogP contribution is 2.56. The molecule has 0 saturated heterocycles. The average molecular weight is 441 g/mol. The van der Waals surface area contributed by atoms with E-state index in [1.54, 1.807) is 0 Å². The number of benzene rings is 3. The van der Waals surface area contributed by atoms with Gasteiger partial charge in [0.15, 0.2) is 6.79 Å². The molecule has 2 fully saturated rings. The second kappa shape index (κ2) is 9.14. The molecule has 0 spiro atoms. The summed E-state index contributed by atoms with van der Waals surface area (Å²) >= 11 is 0. The van der Waals surface area contributed by atoms with Crippen LogP contribution in [-0.2, 0) is 16.8 Å². The van der Waals surface area contributed by atoms with Crippen LogP contribution in [0.2, 0.25) is 0 Å². The Morgan fingerprint density at radius 1 is 0.727 bits per heavy atom. The first-order valence-electron chi connectivity index (χ1n) is 13.2. The normalized spacial score (nSPS) is 21.5. The Kier molecular flexibility index (Phi) is 5.88. The van der Waals surface area contributed by atoms with Crippen molar-refractivity contribution >= 4 is 10.8 Å². The molecular formula is C31H36O2. The van der Waals surface area contributed by atoms with Gasteiger partial charge in [0, 0.05) is 17.5 Å². The van der Waals surface area contributed by atoms with Crippen LogP contribution in [0.4, 0.5) is 0 Å². The van der Waals surface area contributed by atoms with Gasteiger partial charge in [0.25, 0.3) is 0 Å². The highest BCUT2D eigenvalue weighted by atomic mass is 16.7. The molecule has 2 saturated carbocycles. The van der Waals surface area contributed by atoms with Crippen LogP contribution in [0.25, 0.3) is 10.8 Å². The predicted octanol–water partition coefficient (Wildman–Crippen LogP) is 8.15. The van der Waals surface area contributed by atoms with E-state index < -0.39 is 0 Å². The van der Waals surface area contributed by atoms with Crippen LogP contribution in [0, 0.1) is 11.8 Å². The van der Waals surface area contributed by atoms with Crippen molar-refractivity contribution < 1.29 is 9.47 Å². The molecule has 2 heteroatoms. The zero-order valence-electron chi connectivity index (χ0n) is 19.7. The standard InChI is InChI=1S/C31H36O2/c1-4-12-23(13-5-1)20-28-27-19-11-10-14-24(27)21-29-30(28)32-22-33-31(29,25-15-6-2-7-16-25)26-17-8-3-9-18-26/h1,4-5,10-14,19,21,25-26H,2-3,6-9,15-18,20,22H2. The minimum Gasteiger partial charge on any atom is -0.467 e. The SMILES string of the molecule is c1ccc(Cc2c3c(cc4ccccc24)C(C2CCCCC2)(C2CCCCC2)OCO3)cc1. The monoisotopic (exact) mass is 440 g/mol. The Morgan fingerprint density at radius 3 is 2.06 bits per heavy atom. The van der Waals surface area contributed by atoms with E-state index in [1.165, 1.54) is 91.7 Å². The highest BCUT2D eigenvalue weighted by molar-refractivity contribution is 5.90. The number of hydrogen-bond donors (Lipinski definition) is 0. The molecule has 2 aliphatic carbocycles. The maximum absolute atomic E-state index is 6.90. The lowest BCUT2D eigenvalue weighted by Crippen LogP contribution is -2.49. The Bertz CT molecular complexity index is 1070. The molecule has 3 aromatic rings. The summed E-state index contributed by atoms with van der Waals surface area (Å²) < 4.78 is 13.4. The van der Waals surface area contributed by atoms with Crippen molar-refractivity contribution in [1.29, 1.82) is 0 Å². The molecule has 0 unspecified atom stereocenters. The van der Waals surface area contributed by atoms with Gasteiger partial charge in [0.1, 0.15) is 11.4 Å². The van der Waals surface area contributed by atoms with Crippen molar-refractivity contribution in [3.63, 3.8) is 0 Å². The third kappa shape index (κ3) is 3.77. The number of hydrogen-bond acceptors (Lipinski definition) is 2. The third-order valence-electron chi connectivity index (χ3n) is 8.67. The van der Waals surface area contributed by atoms with Gasteiger partial charge < -0.3 is 9.47 Å². The number of rotatable bonds is 4. The molecule has 0 amide bonds. The van der Waals surface area contributed by atoms with Crippen molar-refractivity contribution in [3.8, 4) is 5.75 Å². The second-order valence-corrected chi connectivity index (χ2v) is 10.5. The topological polar surface area (TPSA) is 18.5 Å². The fraction of sp³-hybridized carbons (Fsp3) is 0.484. The van der Waals surface area contributed by atoms with Crippen molar-refractivity contribution in [2.75, 3.05) is 6.79 Å². The van der Waals surface area contributed by atoms with E-state index in [4.69, 9.17) is 9.47 Å². The number of ether oxygens (including phenoxy) is 2. The molecule has 0 bridgehead atoms. The summed E-state index contributed by atoms with van der Waals surface area (Å²) in [6.45, 7) is 0.389. The van der Waals surface area contributed by atoms with Crippen LogP contribution >= 0.6 is 0 Å². The van der Waals surface area contributed by atoms with Crippen LogP contribution in [0.1, 0.15) is 80.9 Å². The lowest BCUT2D eigenvalue weighted by atomic mass is 9.62. The first-order valence-corrected chi connectivity index (χ1v) is 13.2. The van der Waals surface area contributed by atoms with Crippen LogP contribution in [-0.4, -0.2) is 6.79 Å². The Morgan fingerprint density at radius 2 is 1.36 bits per heavy atom. The van der Waals surface area contributed by atoms with E-state index in [9.17, 15) is 0 Å². The van der Waals surface area contributed by atoms with Crippen LogP contribution in [0.5, 0.6) is 5.75 Å². The van der Waals surface area contributed by atoms with E-state index in [2.05, 4.69) is 60.7 Å². The minimum absolute atomic E-state index is 0.191. The lowest BCUT2D eigenvalue weighted by Gasteiger charge is -2.51. The van der Waals surface area contributed by atoms with Crippen molar-refractivity contribution in [1.82, 2.24) is 0 Å². The molecule has 2 nitrogen and oxygen atoms in total. The Balaban J connectivity index is 1.57. The first-order chi connectivity index (χ1) is 16.4. The highest BCUT2D eigenvalue weighted by Gasteiger charge is 2.52. The van der Waals surface area contributed by atoms with Crippen molar-refractivity contribution in [2.24, 2.45) is 11.8 Å². The van der Waals surface area contributed by atoms with Gasteiger partial charge in [-0.3, -0.25) is 0 Å². The summed E-state index contributed by atoms with van der Waals surface area (Å²) in [4.78, 5) is 0. The quantitative estimate of drug-likeness (QED) is 0.407. The summed E-state index contributed by atoms with van der Waals surface area (Å²) in [5.74, 6) is 2.32. The molecule has 3 aromatic carbocycles. The van der Waals surface area contributed by atoms with Crippen molar-refractivity contribution in [3.05, 3.63) is 77.4 Å². The van der Waals surface area contributed by atoms with Gasteiger partial charge >= 0.3 is 0 Å². The van der Waals surface area contributed by atoms with E-state index in [1.807, 2.05) is 0 Å². The Hall–Kier alpha value is -2.32. The molecule has 33 heavy (non-hydrogen) atoms. The largest absolute Gasteiger partial charge is 0.467 e. The summed E-state index contributed by atoms with van der Waals surface area (Å²) in [5, 5.41) is 2.65. The summed E-state index contributed by atoms with van der Waals surface area (Å²) in [7, 11) is 0. The maximum Gasteiger partial charge on any atom is 0.190 e. The molecule has 0 atom stereocenters. The molecule has 3 aliphatic rings. The fourth-order valence-electron chi connectivity index (χ4n) is 7.17. The summed E-state index contributed by atoms with van der Waals surface area (Å²) in [6.07, 6.45) is 14.1. The smallest absolute Gasteiger partial charge is 0.190 e. The molecular weight excluding hydrogens is 404 g/mol. The van der Waals surface area contributed by atoms with E-state index in [-0.39, 0.29) is 5.60 Å². The molecule has 1 heterocycles. The summed E-state index contributed by atoms with van der Waals surface area (Å²) in [5.41, 5.74) is 3.85. The lowest BCUT2D eigenvalue weighted by molar-refractivity contribution is -0.202. The van der Waals surface area contributed by atoms with Crippen LogP contribution in [0.15, 0.2) is 60.7 Å². The summed E-state index contributed by atoms with van der Waals surface area (Å²) in [6, 6.07) is 22.2. The zero-order valence-corrected chi connectivity index (χ0v) is 19.7. The van der Waals surface area contributed by atoms with Gasteiger partial charge in [0.05, 0.1) is 0 Å². The van der Waals surface area contributed by atoms with Gasteiger partial charge in [-0.25, -0.2) is 0 Å². The fourth-order valence-corrected chi connectivity index (χ4v) is 7.17. The first kappa shape index (κ1) is 21.2. The van der Waals surface area contributed by atoms with E-state index >= 15 is 0 Å². The van der Waals surface area contributed by atoms with Crippen LogP contribution in [0.3, 0.4) is 0 Å². The average Bonchev–Trinajstić information content (AvgIpc) is 2.90. The Labute approximate surface area is 198 Å². The molecule has 0 radical (unpaired) electrons. The molecule has 1 aliphatic heterocycles. The van der Waals surface area contributed by atoms with E-state index in [0.717, 1.165) is 12.2 Å². The maximum atomic E-state index is 6.90. The van der Waals surface area contributed by atoms with Crippen LogP contribution < -0.4 is 4.74 Å². The molecule has 0 N–H and O–H groups in total. The van der Waals surface area contributed by atoms with Gasteiger partial charge in [-0.2, -0.15) is 0 Å². The number of fused-ring (bicyclic) bond motifs is 2. The molecule has 6 rings (SSSR count). The zero-order chi connectivity index (χ0) is 22.1. The van der Waals surface area contributed by atoms with Gasteiger partial charge in [-0.05, 0) is 59.9 Å². The van der Waals surface area contributed by atoms with Gasteiger partial charge in [0.2, 0.25) is 0 Å². The molecule has 0 aromatic heterocycles. The third-order valence-corrected chi connectivity index (χ3v) is 8.67. The van der Waals surface area contributed by atoms with Gasteiger partial charge in [-0.1, -0.05) is 93.1 Å². The molecule has 172 valence electrons. The van der Waals surface area contributed by atoms with E-state index in [0.29, 0.717) is 18.6 Å². The second-order valence-electron chi connectivity index (χ2n) is 10.5. The van der Waals surface area contributed by atoms with Gasteiger partial charge in [-0.15, -0.1) is 0 Å². The van der Waals surface area contributed by atoms with Crippen molar-refractivity contribution in [2.45, 2.75) is 76.2 Å².